The highest BCUT2D eigenvalue weighted by molar-refractivity contribution is 9.11. The molecule has 1 fully saturated rings. The van der Waals surface area contributed by atoms with Crippen LogP contribution in [-0.2, 0) is 14.4 Å². The van der Waals surface area contributed by atoms with Crippen LogP contribution in [0.3, 0.4) is 0 Å². The molecule has 1 saturated heterocycles. The second kappa shape index (κ2) is 6.82. The number of imidazole rings is 1. The third-order valence-corrected chi connectivity index (χ3v) is 6.02. The SMILES string of the molecule is CC(=O)C1C(=O)C(=O)N(c2ccc3nc[nH]c3c2)C1c1cc(Br)c(O)c(Br)c1. The Bertz CT molecular complexity index is 1130. The van der Waals surface area contributed by atoms with Crippen LogP contribution in [0.2, 0.25) is 0 Å². The number of carbonyl (C=O) groups excluding carboxylic acids is 3. The predicted octanol–water partition coefficient (Wildman–Crippen LogP) is 3.66. The van der Waals surface area contributed by atoms with Crippen molar-refractivity contribution in [2.24, 2.45) is 5.92 Å². The number of nitrogens with zero attached hydrogens (tertiary/aromatic N) is 2. The number of hydrogen-bond donors (Lipinski definition) is 2. The minimum absolute atomic E-state index is 0.01000. The number of amides is 1. The summed E-state index contributed by atoms with van der Waals surface area (Å²) >= 11 is 6.54. The third kappa shape index (κ3) is 2.85. The summed E-state index contributed by atoms with van der Waals surface area (Å²) in [5.41, 5.74) is 2.44. The lowest BCUT2D eigenvalue weighted by Crippen LogP contribution is -2.30. The van der Waals surface area contributed by atoms with Gasteiger partial charge in [0.2, 0.25) is 5.78 Å². The summed E-state index contributed by atoms with van der Waals surface area (Å²) in [5, 5.41) is 10.0. The van der Waals surface area contributed by atoms with Crippen molar-refractivity contribution in [3.63, 3.8) is 0 Å². The minimum Gasteiger partial charge on any atom is -0.506 e. The third-order valence-electron chi connectivity index (χ3n) is 4.81. The van der Waals surface area contributed by atoms with Crippen LogP contribution < -0.4 is 4.90 Å². The van der Waals surface area contributed by atoms with Crippen LogP contribution >= 0.6 is 31.9 Å². The van der Waals surface area contributed by atoms with Crippen LogP contribution in [0.1, 0.15) is 18.5 Å². The van der Waals surface area contributed by atoms with Gasteiger partial charge in [0.05, 0.1) is 32.3 Å². The smallest absolute Gasteiger partial charge is 0.295 e. The number of Topliss-reactive ketones (excluding diaryl/α,β-unsaturated/α-hetero) is 2. The summed E-state index contributed by atoms with van der Waals surface area (Å²) in [5.74, 6) is -3.03. The van der Waals surface area contributed by atoms with E-state index in [0.717, 1.165) is 5.52 Å². The monoisotopic (exact) mass is 505 g/mol. The van der Waals surface area contributed by atoms with Crippen LogP contribution in [0.4, 0.5) is 5.69 Å². The molecule has 0 saturated carbocycles. The van der Waals surface area contributed by atoms with E-state index >= 15 is 0 Å². The van der Waals surface area contributed by atoms with Crippen LogP contribution in [0.5, 0.6) is 5.75 Å². The highest BCUT2D eigenvalue weighted by Gasteiger charge is 2.51. The number of carbonyl (C=O) groups is 3. The Morgan fingerprint density at radius 1 is 1.18 bits per heavy atom. The van der Waals surface area contributed by atoms with Gasteiger partial charge in [-0.25, -0.2) is 4.98 Å². The molecule has 3 aromatic rings. The second-order valence-corrected chi connectivity index (χ2v) is 8.22. The molecule has 142 valence electrons. The summed E-state index contributed by atoms with van der Waals surface area (Å²) in [4.78, 5) is 46.2. The van der Waals surface area contributed by atoms with E-state index < -0.39 is 29.4 Å². The number of halogens is 2. The first kappa shape index (κ1) is 18.8. The van der Waals surface area contributed by atoms with Crippen LogP contribution in [0, 0.1) is 5.92 Å². The number of phenolic OH excluding ortho intramolecular Hbond substituents is 1. The largest absolute Gasteiger partial charge is 0.506 e. The molecule has 1 aliphatic heterocycles. The highest BCUT2D eigenvalue weighted by atomic mass is 79.9. The topological polar surface area (TPSA) is 103 Å². The van der Waals surface area contributed by atoms with Gasteiger partial charge < -0.3 is 10.1 Å². The number of aromatic nitrogens is 2. The van der Waals surface area contributed by atoms with E-state index in [1.54, 1.807) is 30.3 Å². The van der Waals surface area contributed by atoms with E-state index in [1.807, 2.05) is 0 Å². The molecule has 0 bridgehead atoms. The van der Waals surface area contributed by atoms with E-state index in [9.17, 15) is 19.5 Å². The fraction of sp³-hybridized carbons (Fsp3) is 0.158. The lowest BCUT2D eigenvalue weighted by atomic mass is 9.89. The Morgan fingerprint density at radius 3 is 2.50 bits per heavy atom. The fourth-order valence-corrected chi connectivity index (χ4v) is 4.75. The quantitative estimate of drug-likeness (QED) is 0.417. The highest BCUT2D eigenvalue weighted by Crippen LogP contribution is 2.44. The first-order valence-electron chi connectivity index (χ1n) is 8.28. The van der Waals surface area contributed by atoms with Gasteiger partial charge in [0, 0.05) is 5.69 Å². The van der Waals surface area contributed by atoms with Gasteiger partial charge in [0.25, 0.3) is 5.91 Å². The van der Waals surface area contributed by atoms with Crippen molar-refractivity contribution in [3.8, 4) is 5.75 Å². The summed E-state index contributed by atoms with van der Waals surface area (Å²) in [6.45, 7) is 1.30. The van der Waals surface area contributed by atoms with E-state index in [4.69, 9.17) is 0 Å². The minimum atomic E-state index is -1.13. The molecule has 0 spiro atoms. The predicted molar refractivity (Wildman–Crippen MR) is 109 cm³/mol. The van der Waals surface area contributed by atoms with Crippen molar-refractivity contribution in [1.82, 2.24) is 9.97 Å². The molecule has 1 amide bonds. The van der Waals surface area contributed by atoms with Crippen LogP contribution in [0.15, 0.2) is 45.6 Å². The molecule has 2 N–H and O–H groups in total. The number of H-pyrrole nitrogens is 1. The van der Waals surface area contributed by atoms with Gasteiger partial charge in [-0.3, -0.25) is 19.3 Å². The average molecular weight is 507 g/mol. The van der Waals surface area contributed by atoms with Crippen molar-refractivity contribution in [2.45, 2.75) is 13.0 Å². The summed E-state index contributed by atoms with van der Waals surface area (Å²) < 4.78 is 0.768. The molecule has 2 aromatic carbocycles. The van der Waals surface area contributed by atoms with Gasteiger partial charge in [-0.2, -0.15) is 0 Å². The first-order chi connectivity index (χ1) is 13.3. The van der Waals surface area contributed by atoms with Gasteiger partial charge in [-0.15, -0.1) is 0 Å². The van der Waals surface area contributed by atoms with Gasteiger partial charge >= 0.3 is 0 Å². The Morgan fingerprint density at radius 2 is 1.86 bits per heavy atom. The summed E-state index contributed by atoms with van der Waals surface area (Å²) in [7, 11) is 0. The van der Waals surface area contributed by atoms with Crippen molar-refractivity contribution in [2.75, 3.05) is 4.90 Å². The van der Waals surface area contributed by atoms with Gasteiger partial charge in [-0.1, -0.05) is 0 Å². The zero-order chi connectivity index (χ0) is 20.2. The number of nitrogens with one attached hydrogen (secondary N) is 1. The Kier molecular flexibility index (Phi) is 4.59. The number of benzene rings is 2. The number of fused-ring (bicyclic) bond motifs is 1. The Balaban J connectivity index is 1.92. The maximum atomic E-state index is 12.8. The zero-order valence-corrected chi connectivity index (χ0v) is 17.6. The lowest BCUT2D eigenvalue weighted by Gasteiger charge is -2.27. The maximum absolute atomic E-state index is 12.8. The Labute approximate surface area is 176 Å². The van der Waals surface area contributed by atoms with E-state index in [2.05, 4.69) is 41.8 Å². The molecule has 2 heterocycles. The molecule has 2 unspecified atom stereocenters. The van der Waals surface area contributed by atoms with Crippen LogP contribution in [0.25, 0.3) is 11.0 Å². The molecular formula is C19H13Br2N3O4. The number of rotatable bonds is 3. The summed E-state index contributed by atoms with van der Waals surface area (Å²) in [6, 6.07) is 7.52. The Hall–Kier alpha value is -2.52. The molecule has 1 aromatic heterocycles. The number of anilines is 1. The molecule has 1 aliphatic rings. The first-order valence-corrected chi connectivity index (χ1v) is 9.87. The fourth-order valence-electron chi connectivity index (χ4n) is 3.53. The van der Waals surface area contributed by atoms with Gasteiger partial charge in [-0.05, 0) is 74.7 Å². The van der Waals surface area contributed by atoms with Crippen LogP contribution in [-0.4, -0.2) is 32.5 Å². The lowest BCUT2D eigenvalue weighted by molar-refractivity contribution is -0.138. The van der Waals surface area contributed by atoms with Gasteiger partial charge in [0.1, 0.15) is 17.5 Å². The van der Waals surface area contributed by atoms with E-state index in [1.165, 1.54) is 18.2 Å². The maximum Gasteiger partial charge on any atom is 0.295 e. The van der Waals surface area contributed by atoms with Crippen molar-refractivity contribution in [1.29, 1.82) is 0 Å². The standard InChI is InChI=1S/C19H13Br2N3O4/c1-8(25)15-16(9-4-11(20)17(26)12(21)5-9)24(19(28)18(15)27)10-2-3-13-14(6-10)23-7-22-13/h2-7,15-16,26H,1H3,(H,22,23). The molecule has 0 aliphatic carbocycles. The summed E-state index contributed by atoms with van der Waals surface area (Å²) in [6.07, 6.45) is 1.54. The van der Waals surface area contributed by atoms with Crippen molar-refractivity contribution in [3.05, 3.63) is 51.2 Å². The van der Waals surface area contributed by atoms with Crippen molar-refractivity contribution < 1.29 is 19.5 Å². The molecule has 9 heteroatoms. The number of phenols is 1. The number of aromatic hydroxyl groups is 1. The second-order valence-electron chi connectivity index (χ2n) is 6.51. The molecular weight excluding hydrogens is 494 g/mol. The molecule has 0 radical (unpaired) electrons. The van der Waals surface area contributed by atoms with Crippen molar-refractivity contribution >= 4 is 66.1 Å². The molecule has 28 heavy (non-hydrogen) atoms. The number of hydrogen-bond acceptors (Lipinski definition) is 5. The number of ketones is 2. The average Bonchev–Trinajstić information content (AvgIpc) is 3.21. The van der Waals surface area contributed by atoms with E-state index in [0.29, 0.717) is 25.7 Å². The van der Waals surface area contributed by atoms with E-state index in [-0.39, 0.29) is 5.75 Å². The van der Waals surface area contributed by atoms with Gasteiger partial charge in [0.15, 0.2) is 0 Å². The molecule has 7 nitrogen and oxygen atoms in total. The zero-order valence-electron chi connectivity index (χ0n) is 14.4. The normalized spacial score (nSPS) is 19.6. The number of aromatic amines is 1. The molecule has 2 atom stereocenters. The molecule has 4 rings (SSSR count).